The van der Waals surface area contributed by atoms with E-state index in [1.165, 1.54) is 12.1 Å². The average molecular weight is 344 g/mol. The van der Waals surface area contributed by atoms with E-state index in [0.717, 1.165) is 5.39 Å². The lowest BCUT2D eigenvalue weighted by molar-refractivity contribution is -0.115. The molecule has 0 spiro atoms. The maximum atomic E-state index is 12.2. The van der Waals surface area contributed by atoms with Crippen LogP contribution in [0.2, 0.25) is 0 Å². The van der Waals surface area contributed by atoms with E-state index in [2.05, 4.69) is 10.5 Å². The van der Waals surface area contributed by atoms with Crippen LogP contribution in [0, 0.1) is 0 Å². The highest BCUT2D eigenvalue weighted by Crippen LogP contribution is 2.19. The molecule has 6 nitrogen and oxygen atoms in total. The van der Waals surface area contributed by atoms with E-state index >= 15 is 0 Å². The molecule has 1 heterocycles. The van der Waals surface area contributed by atoms with Crippen LogP contribution < -0.4 is 5.32 Å². The molecule has 1 aromatic heterocycles. The number of nitrogens with zero attached hydrogens (tertiary/aromatic N) is 1. The summed E-state index contributed by atoms with van der Waals surface area (Å²) in [7, 11) is -3.24. The lowest BCUT2D eigenvalue weighted by Gasteiger charge is -2.06. The molecule has 0 saturated heterocycles. The van der Waals surface area contributed by atoms with Crippen LogP contribution in [-0.2, 0) is 21.1 Å². The minimum absolute atomic E-state index is 0.0396. The Hall–Kier alpha value is -2.67. The fourth-order valence-corrected chi connectivity index (χ4v) is 3.22. The van der Waals surface area contributed by atoms with Crippen molar-refractivity contribution in [2.45, 2.75) is 18.2 Å². The molecule has 7 heteroatoms. The van der Waals surface area contributed by atoms with E-state index in [1.54, 1.807) is 25.1 Å². The number of benzene rings is 2. The number of sulfone groups is 1. The van der Waals surface area contributed by atoms with Gasteiger partial charge < -0.3 is 9.84 Å². The Morgan fingerprint density at radius 1 is 1.12 bits per heavy atom. The number of rotatable bonds is 5. The van der Waals surface area contributed by atoms with Gasteiger partial charge in [-0.1, -0.05) is 24.2 Å². The number of fused-ring (bicyclic) bond motifs is 1. The van der Waals surface area contributed by atoms with E-state index in [9.17, 15) is 13.2 Å². The second-order valence-electron chi connectivity index (χ2n) is 5.28. The van der Waals surface area contributed by atoms with E-state index in [1.807, 2.05) is 18.2 Å². The lowest BCUT2D eigenvalue weighted by Crippen LogP contribution is -2.15. The molecule has 0 bridgehead atoms. The number of para-hydroxylation sites is 1. The van der Waals surface area contributed by atoms with Gasteiger partial charge in [0.1, 0.15) is 5.69 Å². The Balaban J connectivity index is 1.71. The van der Waals surface area contributed by atoms with Gasteiger partial charge in [-0.05, 0) is 36.4 Å². The van der Waals surface area contributed by atoms with E-state index < -0.39 is 9.84 Å². The molecule has 0 unspecified atom stereocenters. The highest BCUT2D eigenvalue weighted by Gasteiger charge is 2.14. The third-order valence-corrected chi connectivity index (χ3v) is 5.41. The zero-order valence-electron chi connectivity index (χ0n) is 13.0. The molecule has 0 aliphatic rings. The molecule has 1 amide bonds. The second-order valence-corrected chi connectivity index (χ2v) is 7.56. The highest BCUT2D eigenvalue weighted by atomic mass is 32.2. The molecule has 3 rings (SSSR count). The zero-order valence-corrected chi connectivity index (χ0v) is 13.8. The van der Waals surface area contributed by atoms with Crippen LogP contribution in [-0.4, -0.2) is 25.2 Å². The van der Waals surface area contributed by atoms with Crippen molar-refractivity contribution >= 4 is 32.4 Å². The smallest absolute Gasteiger partial charge is 0.230 e. The molecule has 2 aromatic carbocycles. The molecule has 0 aliphatic carbocycles. The first kappa shape index (κ1) is 16.2. The number of hydrogen-bond donors (Lipinski definition) is 1. The fraction of sp³-hybridized carbons (Fsp3) is 0.176. The summed E-state index contributed by atoms with van der Waals surface area (Å²) in [5, 5.41) is 7.45. The molecule has 3 aromatic rings. The van der Waals surface area contributed by atoms with Crippen molar-refractivity contribution in [3.63, 3.8) is 0 Å². The minimum Gasteiger partial charge on any atom is -0.356 e. The summed E-state index contributed by atoms with van der Waals surface area (Å²) < 4.78 is 28.7. The molecular weight excluding hydrogens is 328 g/mol. The maximum absolute atomic E-state index is 12.2. The first-order valence-electron chi connectivity index (χ1n) is 7.45. The van der Waals surface area contributed by atoms with E-state index in [0.29, 0.717) is 17.0 Å². The van der Waals surface area contributed by atoms with Crippen molar-refractivity contribution in [3.05, 3.63) is 54.2 Å². The Morgan fingerprint density at radius 2 is 1.83 bits per heavy atom. The van der Waals surface area contributed by atoms with Crippen molar-refractivity contribution in [2.75, 3.05) is 11.1 Å². The van der Waals surface area contributed by atoms with Crippen LogP contribution in [0.3, 0.4) is 0 Å². The van der Waals surface area contributed by atoms with Gasteiger partial charge in [-0.3, -0.25) is 4.79 Å². The average Bonchev–Trinajstić information content (AvgIpc) is 2.98. The number of carbonyl (C=O) groups excluding carboxylic acids is 1. The van der Waals surface area contributed by atoms with Crippen molar-refractivity contribution in [1.82, 2.24) is 5.16 Å². The SMILES string of the molecule is CCS(=O)(=O)c1ccc(NC(=O)Cc2noc3ccccc23)cc1. The summed E-state index contributed by atoms with van der Waals surface area (Å²) >= 11 is 0. The molecule has 0 fully saturated rings. The van der Waals surface area contributed by atoms with Crippen molar-refractivity contribution in [2.24, 2.45) is 0 Å². The predicted molar refractivity (Wildman–Crippen MR) is 90.5 cm³/mol. The zero-order chi connectivity index (χ0) is 17.2. The first-order valence-corrected chi connectivity index (χ1v) is 9.11. The van der Waals surface area contributed by atoms with Gasteiger partial charge in [-0.15, -0.1) is 0 Å². The van der Waals surface area contributed by atoms with Crippen LogP contribution in [0.5, 0.6) is 0 Å². The van der Waals surface area contributed by atoms with E-state index in [4.69, 9.17) is 4.52 Å². The van der Waals surface area contributed by atoms with Crippen LogP contribution in [0.25, 0.3) is 11.0 Å². The van der Waals surface area contributed by atoms with Gasteiger partial charge in [0, 0.05) is 11.1 Å². The second kappa shape index (κ2) is 6.45. The van der Waals surface area contributed by atoms with Crippen LogP contribution in [0.1, 0.15) is 12.6 Å². The third-order valence-electron chi connectivity index (χ3n) is 3.66. The number of nitrogens with one attached hydrogen (secondary N) is 1. The van der Waals surface area contributed by atoms with Crippen molar-refractivity contribution in [3.8, 4) is 0 Å². The van der Waals surface area contributed by atoms with Gasteiger partial charge in [-0.25, -0.2) is 8.42 Å². The molecule has 0 radical (unpaired) electrons. The largest absolute Gasteiger partial charge is 0.356 e. The van der Waals surface area contributed by atoms with Gasteiger partial charge in [0.25, 0.3) is 0 Å². The molecule has 0 atom stereocenters. The Morgan fingerprint density at radius 3 is 2.54 bits per heavy atom. The molecular formula is C17H16N2O4S. The summed E-state index contributed by atoms with van der Waals surface area (Å²) in [6.45, 7) is 1.59. The van der Waals surface area contributed by atoms with Gasteiger partial charge in [-0.2, -0.15) is 0 Å². The monoisotopic (exact) mass is 344 g/mol. The number of hydrogen-bond acceptors (Lipinski definition) is 5. The van der Waals surface area contributed by atoms with Crippen LogP contribution in [0.4, 0.5) is 5.69 Å². The van der Waals surface area contributed by atoms with Gasteiger partial charge in [0.2, 0.25) is 5.91 Å². The number of amides is 1. The van der Waals surface area contributed by atoms with Gasteiger partial charge in [0.05, 0.1) is 17.1 Å². The normalized spacial score (nSPS) is 11.5. The molecule has 1 N–H and O–H groups in total. The van der Waals surface area contributed by atoms with E-state index in [-0.39, 0.29) is 23.0 Å². The first-order chi connectivity index (χ1) is 11.5. The van der Waals surface area contributed by atoms with Crippen molar-refractivity contribution < 1.29 is 17.7 Å². The molecule has 0 saturated carbocycles. The van der Waals surface area contributed by atoms with Crippen LogP contribution in [0.15, 0.2) is 57.9 Å². The molecule has 0 aliphatic heterocycles. The third kappa shape index (κ3) is 3.30. The highest BCUT2D eigenvalue weighted by molar-refractivity contribution is 7.91. The minimum atomic E-state index is -3.24. The Kier molecular flexibility index (Phi) is 4.35. The lowest BCUT2D eigenvalue weighted by atomic mass is 10.1. The summed E-state index contributed by atoms with van der Waals surface area (Å²) in [5.74, 6) is -0.210. The van der Waals surface area contributed by atoms with Gasteiger partial charge in [0.15, 0.2) is 15.4 Å². The van der Waals surface area contributed by atoms with Crippen LogP contribution >= 0.6 is 0 Å². The molecule has 124 valence electrons. The summed E-state index contributed by atoms with van der Waals surface area (Å²) in [6, 6.07) is 13.4. The van der Waals surface area contributed by atoms with Crippen molar-refractivity contribution in [1.29, 1.82) is 0 Å². The predicted octanol–water partition coefficient (Wildman–Crippen LogP) is 2.80. The number of aromatic nitrogens is 1. The molecule has 24 heavy (non-hydrogen) atoms. The number of anilines is 1. The summed E-state index contributed by atoms with van der Waals surface area (Å²) in [6.07, 6.45) is 0.0754. The number of carbonyl (C=O) groups is 1. The topological polar surface area (TPSA) is 89.3 Å². The summed E-state index contributed by atoms with van der Waals surface area (Å²) in [5.41, 5.74) is 1.73. The van der Waals surface area contributed by atoms with Gasteiger partial charge >= 0.3 is 0 Å². The standard InChI is InChI=1S/C17H16N2O4S/c1-2-24(21,22)13-9-7-12(8-10-13)18-17(20)11-15-14-5-3-4-6-16(14)23-19-15/h3-10H,2,11H2,1H3,(H,18,20). The Labute approximate surface area is 139 Å². The fourth-order valence-electron chi connectivity index (χ4n) is 2.34. The quantitative estimate of drug-likeness (QED) is 0.769. The Bertz CT molecular complexity index is 975. The maximum Gasteiger partial charge on any atom is 0.230 e. The summed E-state index contributed by atoms with van der Waals surface area (Å²) in [4.78, 5) is 12.4.